The van der Waals surface area contributed by atoms with Crippen LogP contribution < -0.4 is 0 Å². The number of rotatable bonds is 2. The van der Waals surface area contributed by atoms with Crippen LogP contribution in [0.2, 0.25) is 5.02 Å². The molecule has 1 amide bonds. The van der Waals surface area contributed by atoms with E-state index in [2.05, 4.69) is 16.8 Å². The quantitative estimate of drug-likeness (QED) is 0.837. The third kappa shape index (κ3) is 2.10. The van der Waals surface area contributed by atoms with Gasteiger partial charge in [0, 0.05) is 24.2 Å². The van der Waals surface area contributed by atoms with Crippen molar-refractivity contribution in [1.82, 2.24) is 9.80 Å². The molecule has 0 aromatic heterocycles. The molecule has 22 heavy (non-hydrogen) atoms. The molecule has 0 unspecified atom stereocenters. The highest BCUT2D eigenvalue weighted by Gasteiger charge is 2.51. The number of likely N-dealkylation sites (N-methyl/N-ethyl adjacent to an activating group) is 1. The molecule has 2 aliphatic heterocycles. The van der Waals surface area contributed by atoms with Crippen LogP contribution in [0.4, 0.5) is 0 Å². The number of halogens is 1. The van der Waals surface area contributed by atoms with E-state index in [4.69, 9.17) is 11.6 Å². The van der Waals surface area contributed by atoms with Crippen molar-refractivity contribution in [2.75, 3.05) is 26.7 Å². The molecule has 1 saturated carbocycles. The Balaban J connectivity index is 1.57. The second kappa shape index (κ2) is 5.24. The Kier molecular flexibility index (Phi) is 3.46. The van der Waals surface area contributed by atoms with E-state index >= 15 is 0 Å². The minimum absolute atomic E-state index is 0.276. The SMILES string of the molecule is CN1CC[C@H]2CN(C(=O)C3(c4ccc(Cl)cc4)CCC3)C[C@H]21. The summed E-state index contributed by atoms with van der Waals surface area (Å²) in [5, 5.41) is 0.739. The predicted molar refractivity (Wildman–Crippen MR) is 88.1 cm³/mol. The molecule has 0 spiro atoms. The van der Waals surface area contributed by atoms with Crippen molar-refractivity contribution in [1.29, 1.82) is 0 Å². The van der Waals surface area contributed by atoms with E-state index in [0.717, 1.165) is 42.9 Å². The Labute approximate surface area is 137 Å². The van der Waals surface area contributed by atoms with Crippen LogP contribution in [0, 0.1) is 5.92 Å². The Morgan fingerprint density at radius 1 is 1.23 bits per heavy atom. The van der Waals surface area contributed by atoms with Gasteiger partial charge in [-0.15, -0.1) is 0 Å². The molecule has 1 aromatic carbocycles. The van der Waals surface area contributed by atoms with Gasteiger partial charge in [0.15, 0.2) is 0 Å². The number of hydrogen-bond donors (Lipinski definition) is 0. The number of amides is 1. The summed E-state index contributed by atoms with van der Waals surface area (Å²) >= 11 is 6.01. The molecule has 4 rings (SSSR count). The highest BCUT2D eigenvalue weighted by molar-refractivity contribution is 6.30. The van der Waals surface area contributed by atoms with Gasteiger partial charge < -0.3 is 9.80 Å². The van der Waals surface area contributed by atoms with Gasteiger partial charge in [0.1, 0.15) is 0 Å². The first kappa shape index (κ1) is 14.5. The van der Waals surface area contributed by atoms with Gasteiger partial charge in [-0.1, -0.05) is 30.2 Å². The Hall–Kier alpha value is -1.06. The maximum atomic E-state index is 13.2. The molecule has 3 nitrogen and oxygen atoms in total. The minimum atomic E-state index is -0.276. The summed E-state index contributed by atoms with van der Waals surface area (Å²) in [7, 11) is 2.19. The molecule has 2 heterocycles. The molecule has 118 valence electrons. The molecule has 0 bridgehead atoms. The molecule has 0 N–H and O–H groups in total. The van der Waals surface area contributed by atoms with Crippen LogP contribution in [0.3, 0.4) is 0 Å². The Morgan fingerprint density at radius 3 is 2.55 bits per heavy atom. The third-order valence-electron chi connectivity index (χ3n) is 6.13. The summed E-state index contributed by atoms with van der Waals surface area (Å²) in [4.78, 5) is 17.8. The molecular weight excluding hydrogens is 296 g/mol. The molecule has 2 saturated heterocycles. The molecular formula is C18H23ClN2O. The number of carbonyl (C=O) groups excluding carboxylic acids is 1. The van der Waals surface area contributed by atoms with E-state index < -0.39 is 0 Å². The summed E-state index contributed by atoms with van der Waals surface area (Å²) < 4.78 is 0. The van der Waals surface area contributed by atoms with Crippen LogP contribution in [0.5, 0.6) is 0 Å². The van der Waals surface area contributed by atoms with E-state index in [-0.39, 0.29) is 5.41 Å². The van der Waals surface area contributed by atoms with E-state index in [1.807, 2.05) is 24.3 Å². The van der Waals surface area contributed by atoms with Crippen molar-refractivity contribution < 1.29 is 4.79 Å². The van der Waals surface area contributed by atoms with E-state index in [9.17, 15) is 4.79 Å². The van der Waals surface area contributed by atoms with Crippen molar-refractivity contribution in [3.05, 3.63) is 34.9 Å². The minimum Gasteiger partial charge on any atom is -0.340 e. The van der Waals surface area contributed by atoms with E-state index in [1.165, 1.54) is 13.0 Å². The second-order valence-electron chi connectivity index (χ2n) is 7.25. The van der Waals surface area contributed by atoms with Crippen molar-refractivity contribution in [2.45, 2.75) is 37.1 Å². The number of hydrogen-bond acceptors (Lipinski definition) is 2. The number of benzene rings is 1. The van der Waals surface area contributed by atoms with Crippen LogP contribution in [0.25, 0.3) is 0 Å². The van der Waals surface area contributed by atoms with Crippen molar-refractivity contribution in [3.63, 3.8) is 0 Å². The summed E-state index contributed by atoms with van der Waals surface area (Å²) in [6.45, 7) is 3.04. The lowest BCUT2D eigenvalue weighted by atomic mass is 9.63. The first-order chi connectivity index (χ1) is 10.6. The van der Waals surface area contributed by atoms with E-state index in [1.54, 1.807) is 0 Å². The van der Waals surface area contributed by atoms with Gasteiger partial charge in [0.2, 0.25) is 5.91 Å². The summed E-state index contributed by atoms with van der Waals surface area (Å²) in [5.74, 6) is 1.03. The standard InChI is InChI=1S/C18H23ClN2O/c1-20-10-7-13-11-21(12-16(13)20)17(22)18(8-2-9-18)14-3-5-15(19)6-4-14/h3-6,13,16H,2,7-12H2,1H3/t13-,16+/m0/s1. The molecule has 1 aromatic rings. The van der Waals surface area contributed by atoms with Gasteiger partial charge in [-0.3, -0.25) is 4.79 Å². The zero-order valence-corrected chi connectivity index (χ0v) is 13.9. The zero-order chi connectivity index (χ0) is 15.3. The first-order valence-electron chi connectivity index (χ1n) is 8.36. The number of likely N-dealkylation sites (tertiary alicyclic amines) is 2. The van der Waals surface area contributed by atoms with Crippen LogP contribution in [-0.2, 0) is 10.2 Å². The van der Waals surface area contributed by atoms with Gasteiger partial charge in [0.05, 0.1) is 5.41 Å². The van der Waals surface area contributed by atoms with Crippen LogP contribution in [-0.4, -0.2) is 48.4 Å². The fourth-order valence-electron chi connectivity index (χ4n) is 4.57. The molecule has 3 fully saturated rings. The summed E-state index contributed by atoms with van der Waals surface area (Å²) in [5.41, 5.74) is 0.875. The highest BCUT2D eigenvalue weighted by atomic mass is 35.5. The lowest BCUT2D eigenvalue weighted by molar-refractivity contribution is -0.140. The van der Waals surface area contributed by atoms with Crippen molar-refractivity contribution >= 4 is 17.5 Å². The number of fused-ring (bicyclic) bond motifs is 1. The maximum absolute atomic E-state index is 13.2. The number of nitrogens with zero attached hydrogens (tertiary/aromatic N) is 2. The summed E-state index contributed by atoms with van der Waals surface area (Å²) in [6, 6.07) is 8.49. The Bertz CT molecular complexity index is 581. The molecule has 4 heteroatoms. The molecule has 3 aliphatic rings. The highest BCUT2D eigenvalue weighted by Crippen LogP contribution is 2.46. The molecule has 1 aliphatic carbocycles. The maximum Gasteiger partial charge on any atom is 0.233 e. The molecule has 0 radical (unpaired) electrons. The predicted octanol–water partition coefficient (Wildman–Crippen LogP) is 2.92. The van der Waals surface area contributed by atoms with E-state index in [0.29, 0.717) is 17.9 Å². The van der Waals surface area contributed by atoms with Crippen LogP contribution >= 0.6 is 11.6 Å². The number of carbonyl (C=O) groups is 1. The topological polar surface area (TPSA) is 23.6 Å². The second-order valence-corrected chi connectivity index (χ2v) is 7.69. The lowest BCUT2D eigenvalue weighted by Crippen LogP contribution is -2.51. The average molecular weight is 319 g/mol. The zero-order valence-electron chi connectivity index (χ0n) is 13.1. The monoisotopic (exact) mass is 318 g/mol. The Morgan fingerprint density at radius 2 is 1.95 bits per heavy atom. The first-order valence-corrected chi connectivity index (χ1v) is 8.74. The average Bonchev–Trinajstić information content (AvgIpc) is 3.02. The van der Waals surface area contributed by atoms with Gasteiger partial charge in [-0.2, -0.15) is 0 Å². The lowest BCUT2D eigenvalue weighted by Gasteiger charge is -2.43. The third-order valence-corrected chi connectivity index (χ3v) is 6.38. The van der Waals surface area contributed by atoms with Crippen LogP contribution in [0.15, 0.2) is 24.3 Å². The molecule has 2 atom stereocenters. The van der Waals surface area contributed by atoms with Gasteiger partial charge in [0.25, 0.3) is 0 Å². The van der Waals surface area contributed by atoms with Crippen molar-refractivity contribution in [3.8, 4) is 0 Å². The smallest absolute Gasteiger partial charge is 0.233 e. The van der Waals surface area contributed by atoms with Gasteiger partial charge in [-0.25, -0.2) is 0 Å². The summed E-state index contributed by atoms with van der Waals surface area (Å²) in [6.07, 6.45) is 4.35. The van der Waals surface area contributed by atoms with Gasteiger partial charge in [-0.05, 0) is 56.5 Å². The normalized spacial score (nSPS) is 30.2. The fraction of sp³-hybridized carbons (Fsp3) is 0.611. The fourth-order valence-corrected chi connectivity index (χ4v) is 4.69. The largest absolute Gasteiger partial charge is 0.340 e. The van der Waals surface area contributed by atoms with Crippen molar-refractivity contribution in [2.24, 2.45) is 5.92 Å². The van der Waals surface area contributed by atoms with Crippen LogP contribution in [0.1, 0.15) is 31.2 Å². The van der Waals surface area contributed by atoms with Gasteiger partial charge >= 0.3 is 0 Å².